The van der Waals surface area contributed by atoms with Crippen LogP contribution in [0.4, 0.5) is 0 Å². The molecule has 3 nitrogen and oxygen atoms in total. The van der Waals surface area contributed by atoms with Crippen LogP contribution in [0.15, 0.2) is 0 Å². The number of nitrogens with one attached hydrogen (secondary N) is 2. The second kappa shape index (κ2) is 7.66. The average Bonchev–Trinajstić information content (AvgIpc) is 3.07. The molecule has 0 aliphatic heterocycles. The molecule has 0 bridgehead atoms. The SMILES string of the molecule is CCCC(CCC)NCC(=O)NCC1CC1. The molecule has 0 radical (unpaired) electrons. The van der Waals surface area contributed by atoms with E-state index in [1.807, 2.05) is 0 Å². The summed E-state index contributed by atoms with van der Waals surface area (Å²) < 4.78 is 0. The Balaban J connectivity index is 2.06. The second-order valence-electron chi connectivity index (χ2n) is 4.90. The van der Waals surface area contributed by atoms with Crippen LogP contribution >= 0.6 is 0 Å². The smallest absolute Gasteiger partial charge is 0.233 e. The molecular formula is C13H26N2O. The lowest BCUT2D eigenvalue weighted by atomic mass is 10.1. The van der Waals surface area contributed by atoms with Gasteiger partial charge in [-0.2, -0.15) is 0 Å². The van der Waals surface area contributed by atoms with Crippen molar-refractivity contribution in [3.05, 3.63) is 0 Å². The highest BCUT2D eigenvalue weighted by atomic mass is 16.1. The van der Waals surface area contributed by atoms with Crippen LogP contribution in [-0.4, -0.2) is 25.0 Å². The van der Waals surface area contributed by atoms with Gasteiger partial charge in [0.1, 0.15) is 0 Å². The van der Waals surface area contributed by atoms with Crippen LogP contribution < -0.4 is 10.6 Å². The highest BCUT2D eigenvalue weighted by Gasteiger charge is 2.21. The monoisotopic (exact) mass is 226 g/mol. The molecule has 0 unspecified atom stereocenters. The molecule has 0 aromatic rings. The van der Waals surface area contributed by atoms with Crippen LogP contribution in [-0.2, 0) is 4.79 Å². The van der Waals surface area contributed by atoms with Gasteiger partial charge in [-0.15, -0.1) is 0 Å². The summed E-state index contributed by atoms with van der Waals surface area (Å²) in [5.41, 5.74) is 0. The molecule has 0 aromatic carbocycles. The van der Waals surface area contributed by atoms with Crippen LogP contribution in [0.1, 0.15) is 52.4 Å². The molecule has 1 rings (SSSR count). The quantitative estimate of drug-likeness (QED) is 0.632. The van der Waals surface area contributed by atoms with Crippen LogP contribution in [0.2, 0.25) is 0 Å². The van der Waals surface area contributed by atoms with Gasteiger partial charge in [0.05, 0.1) is 6.54 Å². The van der Waals surface area contributed by atoms with Gasteiger partial charge in [-0.3, -0.25) is 4.79 Å². The van der Waals surface area contributed by atoms with Gasteiger partial charge < -0.3 is 10.6 Å². The van der Waals surface area contributed by atoms with Crippen LogP contribution in [0.25, 0.3) is 0 Å². The number of hydrogen-bond acceptors (Lipinski definition) is 2. The van der Waals surface area contributed by atoms with Gasteiger partial charge >= 0.3 is 0 Å². The predicted molar refractivity (Wildman–Crippen MR) is 67.3 cm³/mol. The molecule has 3 heteroatoms. The van der Waals surface area contributed by atoms with Crippen molar-refractivity contribution < 1.29 is 4.79 Å². The average molecular weight is 226 g/mol. The Morgan fingerprint density at radius 1 is 1.25 bits per heavy atom. The molecule has 1 amide bonds. The molecule has 16 heavy (non-hydrogen) atoms. The van der Waals surface area contributed by atoms with E-state index in [2.05, 4.69) is 24.5 Å². The van der Waals surface area contributed by atoms with Gasteiger partial charge in [0, 0.05) is 12.6 Å². The maximum absolute atomic E-state index is 11.5. The molecule has 1 aliphatic carbocycles. The third-order valence-electron chi connectivity index (χ3n) is 3.11. The molecule has 0 aromatic heterocycles. The van der Waals surface area contributed by atoms with Crippen LogP contribution in [0.5, 0.6) is 0 Å². The Morgan fingerprint density at radius 3 is 2.38 bits per heavy atom. The maximum atomic E-state index is 11.5. The second-order valence-corrected chi connectivity index (χ2v) is 4.90. The minimum atomic E-state index is 0.157. The molecule has 1 fully saturated rings. The van der Waals surface area contributed by atoms with Crippen molar-refractivity contribution >= 4 is 5.91 Å². The molecule has 94 valence electrons. The van der Waals surface area contributed by atoms with Crippen LogP contribution in [0, 0.1) is 5.92 Å². The van der Waals surface area contributed by atoms with Crippen molar-refractivity contribution in [2.24, 2.45) is 5.92 Å². The summed E-state index contributed by atoms with van der Waals surface area (Å²) in [6.45, 7) is 5.75. The first-order valence-corrected chi connectivity index (χ1v) is 6.76. The fraction of sp³-hybridized carbons (Fsp3) is 0.923. The lowest BCUT2D eigenvalue weighted by Crippen LogP contribution is -2.39. The number of carbonyl (C=O) groups is 1. The van der Waals surface area contributed by atoms with E-state index in [9.17, 15) is 4.79 Å². The normalized spacial score (nSPS) is 15.4. The van der Waals surface area contributed by atoms with Gasteiger partial charge in [-0.1, -0.05) is 26.7 Å². The summed E-state index contributed by atoms with van der Waals surface area (Å²) in [6, 6.07) is 0.515. The maximum Gasteiger partial charge on any atom is 0.233 e. The fourth-order valence-corrected chi connectivity index (χ4v) is 1.93. The van der Waals surface area contributed by atoms with Crippen LogP contribution in [0.3, 0.4) is 0 Å². The lowest BCUT2D eigenvalue weighted by Gasteiger charge is -2.16. The van der Waals surface area contributed by atoms with E-state index < -0.39 is 0 Å². The number of hydrogen-bond donors (Lipinski definition) is 2. The van der Waals surface area contributed by atoms with E-state index >= 15 is 0 Å². The zero-order chi connectivity index (χ0) is 11.8. The first kappa shape index (κ1) is 13.5. The van der Waals surface area contributed by atoms with Gasteiger partial charge in [-0.25, -0.2) is 0 Å². The van der Waals surface area contributed by atoms with E-state index in [-0.39, 0.29) is 5.91 Å². The van der Waals surface area contributed by atoms with Gasteiger partial charge in [0.15, 0.2) is 0 Å². The van der Waals surface area contributed by atoms with E-state index in [1.165, 1.54) is 38.5 Å². The van der Waals surface area contributed by atoms with Crippen molar-refractivity contribution in [2.75, 3.05) is 13.1 Å². The van der Waals surface area contributed by atoms with E-state index in [0.717, 1.165) is 12.5 Å². The molecule has 1 saturated carbocycles. The number of rotatable bonds is 9. The first-order valence-electron chi connectivity index (χ1n) is 6.76. The lowest BCUT2D eigenvalue weighted by molar-refractivity contribution is -0.120. The zero-order valence-corrected chi connectivity index (χ0v) is 10.7. The van der Waals surface area contributed by atoms with Crippen molar-refractivity contribution in [3.63, 3.8) is 0 Å². The van der Waals surface area contributed by atoms with E-state index in [1.54, 1.807) is 0 Å². The standard InChI is InChI=1S/C13H26N2O/c1-3-5-12(6-4-2)14-10-13(16)15-9-11-7-8-11/h11-12,14H,3-10H2,1-2H3,(H,15,16). The van der Waals surface area contributed by atoms with Gasteiger partial charge in [0.25, 0.3) is 0 Å². The Kier molecular flexibility index (Phi) is 6.46. The third kappa shape index (κ3) is 6.11. The van der Waals surface area contributed by atoms with Crippen molar-refractivity contribution in [1.29, 1.82) is 0 Å². The summed E-state index contributed by atoms with van der Waals surface area (Å²) in [7, 11) is 0. The van der Waals surface area contributed by atoms with Crippen molar-refractivity contribution in [2.45, 2.75) is 58.4 Å². The molecule has 1 aliphatic rings. The molecular weight excluding hydrogens is 200 g/mol. The summed E-state index contributed by atoms with van der Waals surface area (Å²) >= 11 is 0. The minimum absolute atomic E-state index is 0.157. The molecule has 0 spiro atoms. The Morgan fingerprint density at radius 2 is 1.88 bits per heavy atom. The fourth-order valence-electron chi connectivity index (χ4n) is 1.93. The summed E-state index contributed by atoms with van der Waals surface area (Å²) in [5, 5.41) is 6.34. The third-order valence-corrected chi connectivity index (χ3v) is 3.11. The van der Waals surface area contributed by atoms with E-state index in [4.69, 9.17) is 0 Å². The first-order chi connectivity index (χ1) is 7.76. The van der Waals surface area contributed by atoms with Gasteiger partial charge in [-0.05, 0) is 31.6 Å². The van der Waals surface area contributed by atoms with E-state index in [0.29, 0.717) is 12.6 Å². The highest BCUT2D eigenvalue weighted by Crippen LogP contribution is 2.27. The Bertz CT molecular complexity index is 196. The largest absolute Gasteiger partial charge is 0.355 e. The predicted octanol–water partition coefficient (Wildman–Crippen LogP) is 2.07. The topological polar surface area (TPSA) is 41.1 Å². The summed E-state index contributed by atoms with van der Waals surface area (Å²) in [5.74, 6) is 0.926. The molecule has 0 saturated heterocycles. The number of amides is 1. The van der Waals surface area contributed by atoms with Gasteiger partial charge in [0.2, 0.25) is 5.91 Å². The number of carbonyl (C=O) groups excluding carboxylic acids is 1. The summed E-state index contributed by atoms with van der Waals surface area (Å²) in [4.78, 5) is 11.5. The molecule has 0 heterocycles. The highest BCUT2D eigenvalue weighted by molar-refractivity contribution is 5.78. The Hall–Kier alpha value is -0.570. The molecule has 0 atom stereocenters. The van der Waals surface area contributed by atoms with Crippen molar-refractivity contribution in [1.82, 2.24) is 10.6 Å². The minimum Gasteiger partial charge on any atom is -0.355 e. The molecule has 2 N–H and O–H groups in total. The summed E-state index contributed by atoms with van der Waals surface area (Å²) in [6.07, 6.45) is 7.29. The zero-order valence-electron chi connectivity index (χ0n) is 10.7. The Labute approximate surface area is 99.4 Å². The van der Waals surface area contributed by atoms with Crippen molar-refractivity contribution in [3.8, 4) is 0 Å².